The van der Waals surface area contributed by atoms with Crippen molar-refractivity contribution in [3.63, 3.8) is 0 Å². The summed E-state index contributed by atoms with van der Waals surface area (Å²) in [6.07, 6.45) is 0. The highest BCUT2D eigenvalue weighted by atomic mass is 32.2. The van der Waals surface area contributed by atoms with E-state index in [1.165, 1.54) is 13.8 Å². The first-order valence-electron chi connectivity index (χ1n) is 8.12. The minimum Gasteiger partial charge on any atom is -0.325 e. The molecule has 1 atom stereocenters. The molecule has 2 aromatic rings. The number of carbonyl (C=O) groups excluding carboxylic acids is 1. The van der Waals surface area contributed by atoms with Gasteiger partial charge < -0.3 is 5.32 Å². The molecule has 1 N–H and O–H groups in total. The third kappa shape index (κ3) is 4.30. The molecule has 9 heteroatoms. The highest BCUT2D eigenvalue weighted by Crippen LogP contribution is 2.24. The number of carbonyl (C=O) groups is 1. The van der Waals surface area contributed by atoms with Crippen LogP contribution in [0.1, 0.15) is 19.4 Å². The lowest BCUT2D eigenvalue weighted by atomic mass is 10.2. The van der Waals surface area contributed by atoms with E-state index in [1.807, 2.05) is 6.92 Å². The molecule has 27 heavy (non-hydrogen) atoms. The second kappa shape index (κ2) is 8.10. The van der Waals surface area contributed by atoms with E-state index in [0.717, 1.165) is 5.56 Å². The lowest BCUT2D eigenvalue weighted by Gasteiger charge is -2.26. The zero-order valence-electron chi connectivity index (χ0n) is 15.0. The fraction of sp³-hybridized carbons (Fsp3) is 0.278. The fourth-order valence-corrected chi connectivity index (χ4v) is 4.16. The lowest BCUT2D eigenvalue weighted by molar-refractivity contribution is -0.119. The van der Waals surface area contributed by atoms with Crippen LogP contribution in [0.2, 0.25) is 0 Å². The van der Waals surface area contributed by atoms with Gasteiger partial charge >= 0.3 is 0 Å². The summed E-state index contributed by atoms with van der Waals surface area (Å²) >= 11 is 0. The number of halogens is 3. The number of sulfonamides is 1. The van der Waals surface area contributed by atoms with E-state index in [4.69, 9.17) is 0 Å². The Morgan fingerprint density at radius 3 is 2.22 bits per heavy atom. The Kier molecular flexibility index (Phi) is 6.27. The summed E-state index contributed by atoms with van der Waals surface area (Å²) in [6.45, 7) is 4.46. The van der Waals surface area contributed by atoms with E-state index in [-0.39, 0.29) is 6.54 Å². The molecule has 0 aliphatic heterocycles. The third-order valence-corrected chi connectivity index (χ3v) is 6.09. The average Bonchev–Trinajstić information content (AvgIpc) is 2.61. The second-order valence-electron chi connectivity index (χ2n) is 5.91. The maximum Gasteiger partial charge on any atom is 0.246 e. The Labute approximate surface area is 155 Å². The van der Waals surface area contributed by atoms with E-state index < -0.39 is 44.3 Å². The number of rotatable bonds is 6. The van der Waals surface area contributed by atoms with E-state index in [1.54, 1.807) is 24.3 Å². The molecule has 0 bridgehead atoms. The molecule has 146 valence electrons. The summed E-state index contributed by atoms with van der Waals surface area (Å²) in [4.78, 5) is 11.4. The highest BCUT2D eigenvalue weighted by molar-refractivity contribution is 7.89. The molecular formula is C18H19F3N2O3S. The number of hydrogen-bond donors (Lipinski definition) is 1. The van der Waals surface area contributed by atoms with Gasteiger partial charge in [-0.3, -0.25) is 4.79 Å². The van der Waals surface area contributed by atoms with Crippen molar-refractivity contribution in [2.24, 2.45) is 0 Å². The molecule has 2 aromatic carbocycles. The summed E-state index contributed by atoms with van der Waals surface area (Å²) in [5.74, 6) is -5.85. The molecule has 0 radical (unpaired) electrons. The van der Waals surface area contributed by atoms with E-state index in [9.17, 15) is 26.4 Å². The first-order valence-corrected chi connectivity index (χ1v) is 9.56. The van der Waals surface area contributed by atoms with Crippen molar-refractivity contribution in [2.45, 2.75) is 31.7 Å². The van der Waals surface area contributed by atoms with Gasteiger partial charge in [0, 0.05) is 12.2 Å². The number of nitrogens with one attached hydrogen (secondary N) is 1. The molecule has 0 saturated heterocycles. The standard InChI is InChI=1S/C18H19F3N2O3S/c1-4-23(12(3)18(24)22-13-7-5-11(2)6-8-13)27(25,26)15-10-9-14(19)16(20)17(15)21/h5-10,12H,4H2,1-3H3,(H,22,24)/t12-/m0/s1. The molecular weight excluding hydrogens is 381 g/mol. The zero-order chi connectivity index (χ0) is 20.4. The first kappa shape index (κ1) is 20.9. The molecule has 0 heterocycles. The summed E-state index contributed by atoms with van der Waals surface area (Å²) in [6, 6.07) is 6.79. The van der Waals surface area contributed by atoms with Gasteiger partial charge in [-0.15, -0.1) is 0 Å². The SMILES string of the molecule is CCN([C@@H](C)C(=O)Nc1ccc(C)cc1)S(=O)(=O)c1ccc(F)c(F)c1F. The van der Waals surface area contributed by atoms with Crippen LogP contribution < -0.4 is 5.32 Å². The van der Waals surface area contributed by atoms with Crippen LogP contribution in [0.4, 0.5) is 18.9 Å². The van der Waals surface area contributed by atoms with E-state index in [2.05, 4.69) is 5.32 Å². The van der Waals surface area contributed by atoms with Crippen LogP contribution in [0.15, 0.2) is 41.3 Å². The van der Waals surface area contributed by atoms with Gasteiger partial charge in [0.25, 0.3) is 0 Å². The lowest BCUT2D eigenvalue weighted by Crippen LogP contribution is -2.45. The number of nitrogens with zero attached hydrogens (tertiary/aromatic N) is 1. The quantitative estimate of drug-likeness (QED) is 0.756. The molecule has 2 rings (SSSR count). The van der Waals surface area contributed by atoms with Crippen molar-refractivity contribution in [1.82, 2.24) is 4.31 Å². The average molecular weight is 400 g/mol. The first-order chi connectivity index (χ1) is 12.6. The summed E-state index contributed by atoms with van der Waals surface area (Å²) in [5.41, 5.74) is 1.44. The van der Waals surface area contributed by atoms with Gasteiger partial charge in [-0.25, -0.2) is 21.6 Å². The number of benzene rings is 2. The summed E-state index contributed by atoms with van der Waals surface area (Å²) in [7, 11) is -4.57. The van der Waals surface area contributed by atoms with Gasteiger partial charge in [0.15, 0.2) is 17.5 Å². The highest BCUT2D eigenvalue weighted by Gasteiger charge is 2.35. The van der Waals surface area contributed by atoms with Crippen molar-refractivity contribution in [1.29, 1.82) is 0 Å². The normalized spacial score (nSPS) is 12.9. The van der Waals surface area contributed by atoms with Gasteiger partial charge in [0.1, 0.15) is 10.9 Å². The van der Waals surface area contributed by atoms with Crippen LogP contribution in [0.5, 0.6) is 0 Å². The minimum atomic E-state index is -4.57. The molecule has 0 saturated carbocycles. The van der Waals surface area contributed by atoms with Crippen LogP contribution in [-0.2, 0) is 14.8 Å². The topological polar surface area (TPSA) is 66.5 Å². The van der Waals surface area contributed by atoms with Crippen molar-refractivity contribution in [3.05, 3.63) is 59.4 Å². The van der Waals surface area contributed by atoms with Gasteiger partial charge in [-0.2, -0.15) is 4.31 Å². The van der Waals surface area contributed by atoms with Crippen LogP contribution in [0.3, 0.4) is 0 Å². The summed E-state index contributed by atoms with van der Waals surface area (Å²) < 4.78 is 66.7. The zero-order valence-corrected chi connectivity index (χ0v) is 15.8. The Hall–Kier alpha value is -2.39. The Morgan fingerprint density at radius 1 is 1.07 bits per heavy atom. The number of aryl methyl sites for hydroxylation is 1. The Bertz CT molecular complexity index is 947. The van der Waals surface area contributed by atoms with Gasteiger partial charge in [-0.05, 0) is 38.1 Å². The number of likely N-dealkylation sites (N-methyl/N-ethyl adjacent to an activating group) is 1. The van der Waals surface area contributed by atoms with E-state index >= 15 is 0 Å². The molecule has 1 amide bonds. The molecule has 0 fully saturated rings. The summed E-state index contributed by atoms with van der Waals surface area (Å²) in [5, 5.41) is 2.57. The predicted octanol–water partition coefficient (Wildman–Crippen LogP) is 3.45. The second-order valence-corrected chi connectivity index (χ2v) is 7.77. The van der Waals surface area contributed by atoms with Crippen molar-refractivity contribution in [2.75, 3.05) is 11.9 Å². The number of hydrogen-bond acceptors (Lipinski definition) is 3. The minimum absolute atomic E-state index is 0.177. The maximum absolute atomic E-state index is 14.0. The largest absolute Gasteiger partial charge is 0.325 e. The molecule has 0 aliphatic rings. The van der Waals surface area contributed by atoms with Crippen molar-refractivity contribution in [3.8, 4) is 0 Å². The monoisotopic (exact) mass is 400 g/mol. The third-order valence-electron chi connectivity index (χ3n) is 4.03. The number of anilines is 1. The van der Waals surface area contributed by atoms with Crippen molar-refractivity contribution >= 4 is 21.6 Å². The van der Waals surface area contributed by atoms with Gasteiger partial charge in [0.2, 0.25) is 15.9 Å². The van der Waals surface area contributed by atoms with Crippen LogP contribution in [0, 0.1) is 24.4 Å². The van der Waals surface area contributed by atoms with Gasteiger partial charge in [0.05, 0.1) is 0 Å². The van der Waals surface area contributed by atoms with Gasteiger partial charge in [-0.1, -0.05) is 24.6 Å². The predicted molar refractivity (Wildman–Crippen MR) is 95.2 cm³/mol. The molecule has 0 aromatic heterocycles. The molecule has 0 aliphatic carbocycles. The number of amides is 1. The van der Waals surface area contributed by atoms with Crippen LogP contribution in [-0.4, -0.2) is 31.2 Å². The Balaban J connectivity index is 2.32. The van der Waals surface area contributed by atoms with Crippen molar-refractivity contribution < 1.29 is 26.4 Å². The molecule has 0 unspecified atom stereocenters. The van der Waals surface area contributed by atoms with E-state index in [0.29, 0.717) is 22.1 Å². The Morgan fingerprint density at radius 2 is 1.67 bits per heavy atom. The fourth-order valence-electron chi connectivity index (χ4n) is 2.50. The van der Waals surface area contributed by atoms with Crippen LogP contribution in [0.25, 0.3) is 0 Å². The molecule has 5 nitrogen and oxygen atoms in total. The molecule has 0 spiro atoms. The van der Waals surface area contributed by atoms with Crippen LogP contribution >= 0.6 is 0 Å². The smallest absolute Gasteiger partial charge is 0.246 e. The maximum atomic E-state index is 14.0.